The summed E-state index contributed by atoms with van der Waals surface area (Å²) in [6, 6.07) is 8.58. The number of hydrogen-bond acceptors (Lipinski definition) is 3. The lowest BCUT2D eigenvalue weighted by molar-refractivity contribution is -0.0765. The molecule has 0 atom stereocenters. The molecular formula is C15H19NO2. The van der Waals surface area contributed by atoms with E-state index < -0.39 is 0 Å². The molecule has 1 saturated heterocycles. The van der Waals surface area contributed by atoms with Crippen LogP contribution in [0.3, 0.4) is 0 Å². The minimum absolute atomic E-state index is 0.317. The maximum Gasteiger partial charge on any atom is 0.122 e. The van der Waals surface area contributed by atoms with Gasteiger partial charge < -0.3 is 9.47 Å². The Bertz CT molecular complexity index is 470. The summed E-state index contributed by atoms with van der Waals surface area (Å²) in [5, 5.41) is 9.22. The monoisotopic (exact) mass is 245 g/mol. The first-order valence-electron chi connectivity index (χ1n) is 6.26. The molecule has 1 fully saturated rings. The van der Waals surface area contributed by atoms with E-state index in [1.54, 1.807) is 7.11 Å². The van der Waals surface area contributed by atoms with E-state index in [0.29, 0.717) is 19.1 Å². The number of nitriles is 1. The third kappa shape index (κ3) is 2.34. The van der Waals surface area contributed by atoms with Crippen LogP contribution in [0.1, 0.15) is 30.9 Å². The smallest absolute Gasteiger partial charge is 0.122 e. The van der Waals surface area contributed by atoms with Crippen LogP contribution in [-0.4, -0.2) is 20.3 Å². The molecule has 0 saturated carbocycles. The summed E-state index contributed by atoms with van der Waals surface area (Å²) in [5.41, 5.74) is 2.07. The van der Waals surface area contributed by atoms with Crippen LogP contribution in [0.25, 0.3) is 0 Å². The van der Waals surface area contributed by atoms with E-state index in [9.17, 15) is 5.26 Å². The first kappa shape index (κ1) is 12.9. The predicted molar refractivity (Wildman–Crippen MR) is 69.7 cm³/mol. The molecule has 0 aliphatic carbocycles. The molecule has 0 unspecified atom stereocenters. The van der Waals surface area contributed by atoms with Gasteiger partial charge in [-0.05, 0) is 29.5 Å². The first-order valence-corrected chi connectivity index (χ1v) is 6.26. The highest BCUT2D eigenvalue weighted by atomic mass is 16.5. The quantitative estimate of drug-likeness (QED) is 0.819. The lowest BCUT2D eigenvalue weighted by atomic mass is 9.80. The van der Waals surface area contributed by atoms with E-state index in [4.69, 9.17) is 9.47 Å². The number of methoxy groups -OCH3 is 1. The van der Waals surface area contributed by atoms with Gasteiger partial charge in [0.1, 0.15) is 11.2 Å². The third-order valence-electron chi connectivity index (χ3n) is 3.45. The van der Waals surface area contributed by atoms with Gasteiger partial charge in [-0.25, -0.2) is 0 Å². The third-order valence-corrected chi connectivity index (χ3v) is 3.45. The number of ether oxygens (including phenoxy) is 2. The average Bonchev–Trinajstić information content (AvgIpc) is 2.33. The molecule has 0 aromatic heterocycles. The van der Waals surface area contributed by atoms with Crippen LogP contribution >= 0.6 is 0 Å². The molecule has 1 aliphatic heterocycles. The van der Waals surface area contributed by atoms with Crippen molar-refractivity contribution < 1.29 is 9.47 Å². The number of rotatable bonds is 4. The van der Waals surface area contributed by atoms with Crippen molar-refractivity contribution in [3.05, 3.63) is 29.3 Å². The van der Waals surface area contributed by atoms with Gasteiger partial charge in [-0.15, -0.1) is 0 Å². The fourth-order valence-electron chi connectivity index (χ4n) is 2.29. The summed E-state index contributed by atoms with van der Waals surface area (Å²) in [6.07, 6.45) is 0.757. The molecule has 96 valence electrons. The zero-order valence-electron chi connectivity index (χ0n) is 11.2. The summed E-state index contributed by atoms with van der Waals surface area (Å²) < 4.78 is 10.5. The van der Waals surface area contributed by atoms with Crippen molar-refractivity contribution in [2.45, 2.75) is 26.2 Å². The molecule has 1 heterocycles. The maximum absolute atomic E-state index is 9.22. The second-order valence-electron chi connectivity index (χ2n) is 5.29. The van der Waals surface area contributed by atoms with E-state index >= 15 is 0 Å². The molecule has 0 N–H and O–H groups in total. The van der Waals surface area contributed by atoms with Gasteiger partial charge >= 0.3 is 0 Å². The van der Waals surface area contributed by atoms with Gasteiger partial charge in [-0.2, -0.15) is 5.26 Å². The molecule has 2 rings (SSSR count). The van der Waals surface area contributed by atoms with E-state index in [1.165, 1.54) is 11.1 Å². The largest absolute Gasteiger partial charge is 0.496 e. The SMILES string of the molecule is COc1ccc(CC2(C#N)COC2)cc1C(C)C. The summed E-state index contributed by atoms with van der Waals surface area (Å²) in [5.74, 6) is 1.33. The van der Waals surface area contributed by atoms with Crippen LogP contribution in [-0.2, 0) is 11.2 Å². The van der Waals surface area contributed by atoms with Crippen LogP contribution in [0, 0.1) is 16.7 Å². The first-order chi connectivity index (χ1) is 8.60. The number of nitrogens with zero attached hydrogens (tertiary/aromatic N) is 1. The Hall–Kier alpha value is -1.53. The second-order valence-corrected chi connectivity index (χ2v) is 5.29. The fourth-order valence-corrected chi connectivity index (χ4v) is 2.29. The maximum atomic E-state index is 9.22. The Labute approximate surface area is 108 Å². The molecule has 1 aromatic rings. The Morgan fingerprint density at radius 2 is 2.17 bits per heavy atom. The normalized spacial score (nSPS) is 17.1. The average molecular weight is 245 g/mol. The molecular weight excluding hydrogens is 226 g/mol. The Morgan fingerprint density at radius 1 is 1.44 bits per heavy atom. The van der Waals surface area contributed by atoms with Crippen molar-refractivity contribution in [3.63, 3.8) is 0 Å². The highest BCUT2D eigenvalue weighted by Gasteiger charge is 2.39. The van der Waals surface area contributed by atoms with Gasteiger partial charge in [0.15, 0.2) is 0 Å². The molecule has 0 bridgehead atoms. The van der Waals surface area contributed by atoms with Crippen molar-refractivity contribution in [1.82, 2.24) is 0 Å². The highest BCUT2D eigenvalue weighted by molar-refractivity contribution is 5.40. The highest BCUT2D eigenvalue weighted by Crippen LogP contribution is 2.34. The Balaban J connectivity index is 2.25. The minimum atomic E-state index is -0.317. The van der Waals surface area contributed by atoms with Crippen LogP contribution in [0.4, 0.5) is 0 Å². The lowest BCUT2D eigenvalue weighted by Gasteiger charge is -2.35. The van der Waals surface area contributed by atoms with Crippen LogP contribution < -0.4 is 4.74 Å². The molecule has 0 amide bonds. The summed E-state index contributed by atoms with van der Waals surface area (Å²) >= 11 is 0. The fraction of sp³-hybridized carbons (Fsp3) is 0.533. The Kier molecular flexibility index (Phi) is 3.58. The standard InChI is InChI=1S/C15H19NO2/c1-11(2)13-6-12(4-5-14(13)17-3)7-15(8-16)9-18-10-15/h4-6,11H,7,9-10H2,1-3H3. The minimum Gasteiger partial charge on any atom is -0.496 e. The van der Waals surface area contributed by atoms with Crippen LogP contribution in [0.5, 0.6) is 5.75 Å². The molecule has 1 aliphatic rings. The van der Waals surface area contributed by atoms with Crippen LogP contribution in [0.2, 0.25) is 0 Å². The Morgan fingerprint density at radius 3 is 2.61 bits per heavy atom. The molecule has 18 heavy (non-hydrogen) atoms. The van der Waals surface area contributed by atoms with E-state index in [1.807, 2.05) is 12.1 Å². The lowest BCUT2D eigenvalue weighted by Crippen LogP contribution is -2.43. The van der Waals surface area contributed by atoms with Gasteiger partial charge in [-0.3, -0.25) is 0 Å². The van der Waals surface area contributed by atoms with Crippen molar-refractivity contribution in [2.24, 2.45) is 5.41 Å². The van der Waals surface area contributed by atoms with Gasteiger partial charge in [0.05, 0.1) is 26.4 Å². The molecule has 0 spiro atoms. The van der Waals surface area contributed by atoms with Gasteiger partial charge in [0, 0.05) is 0 Å². The predicted octanol–water partition coefficient (Wildman–Crippen LogP) is 2.90. The van der Waals surface area contributed by atoms with Gasteiger partial charge in [-0.1, -0.05) is 26.0 Å². The van der Waals surface area contributed by atoms with Crippen molar-refractivity contribution in [1.29, 1.82) is 5.26 Å². The van der Waals surface area contributed by atoms with Gasteiger partial charge in [0.2, 0.25) is 0 Å². The zero-order chi connectivity index (χ0) is 13.2. The topological polar surface area (TPSA) is 42.2 Å². The van der Waals surface area contributed by atoms with E-state index in [0.717, 1.165) is 12.2 Å². The van der Waals surface area contributed by atoms with Crippen molar-refractivity contribution in [2.75, 3.05) is 20.3 Å². The second kappa shape index (κ2) is 4.99. The molecule has 0 radical (unpaired) electrons. The van der Waals surface area contributed by atoms with E-state index in [-0.39, 0.29) is 5.41 Å². The zero-order valence-corrected chi connectivity index (χ0v) is 11.2. The van der Waals surface area contributed by atoms with Crippen molar-refractivity contribution in [3.8, 4) is 11.8 Å². The molecule has 3 heteroatoms. The van der Waals surface area contributed by atoms with Crippen LogP contribution in [0.15, 0.2) is 18.2 Å². The van der Waals surface area contributed by atoms with E-state index in [2.05, 4.69) is 26.0 Å². The number of benzene rings is 1. The summed E-state index contributed by atoms with van der Waals surface area (Å²) in [4.78, 5) is 0. The molecule has 1 aromatic carbocycles. The number of hydrogen-bond donors (Lipinski definition) is 0. The summed E-state index contributed by atoms with van der Waals surface area (Å²) in [6.45, 7) is 5.39. The van der Waals surface area contributed by atoms with Gasteiger partial charge in [0.25, 0.3) is 0 Å². The summed E-state index contributed by atoms with van der Waals surface area (Å²) in [7, 11) is 1.69. The molecule has 3 nitrogen and oxygen atoms in total. The van der Waals surface area contributed by atoms with Crippen molar-refractivity contribution >= 4 is 0 Å².